The second-order valence-electron chi connectivity index (χ2n) is 6.69. The van der Waals surface area contributed by atoms with Crippen molar-refractivity contribution in [2.75, 3.05) is 6.54 Å². The Balaban J connectivity index is 1.76. The topological polar surface area (TPSA) is 44.9 Å². The molecule has 4 heteroatoms. The van der Waals surface area contributed by atoms with Crippen molar-refractivity contribution < 1.29 is 0 Å². The van der Waals surface area contributed by atoms with Crippen molar-refractivity contribution in [1.82, 2.24) is 10.3 Å². The third kappa shape index (κ3) is 2.53. The first-order valence-corrected chi connectivity index (χ1v) is 8.46. The molecule has 1 aliphatic rings. The minimum Gasteiger partial charge on any atom is -0.379 e. The highest BCUT2D eigenvalue weighted by atomic mass is 32.1. The fourth-order valence-corrected chi connectivity index (χ4v) is 3.83. The molecule has 4 rings (SSSR count). The lowest BCUT2D eigenvalue weighted by molar-refractivity contribution is 0.524. The molecule has 1 saturated heterocycles. The molecule has 2 heterocycles. The van der Waals surface area contributed by atoms with E-state index in [1.807, 2.05) is 30.3 Å². The normalized spacial score (nSPS) is 20.3. The third-order valence-electron chi connectivity index (χ3n) is 4.85. The molecule has 1 aliphatic heterocycles. The van der Waals surface area contributed by atoms with Crippen LogP contribution in [0.3, 0.4) is 0 Å². The van der Waals surface area contributed by atoms with Crippen LogP contribution in [0, 0.1) is 0 Å². The summed E-state index contributed by atoms with van der Waals surface area (Å²) in [4.78, 5) is 16.5. The fraction of sp³-hybridized carbons (Fsp3) is 0.200. The van der Waals surface area contributed by atoms with Gasteiger partial charge >= 0.3 is 0 Å². The predicted molar refractivity (Wildman–Crippen MR) is 103 cm³/mol. The Hall–Kier alpha value is -2.46. The number of aromatic amines is 1. The first-order valence-electron chi connectivity index (χ1n) is 8.05. The van der Waals surface area contributed by atoms with Gasteiger partial charge in [0.05, 0.1) is 4.99 Å². The van der Waals surface area contributed by atoms with Crippen LogP contribution in [-0.4, -0.2) is 16.5 Å². The monoisotopic (exact) mass is 334 g/mol. The zero-order valence-corrected chi connectivity index (χ0v) is 14.2. The van der Waals surface area contributed by atoms with Crippen molar-refractivity contribution in [1.29, 1.82) is 0 Å². The van der Waals surface area contributed by atoms with Gasteiger partial charge < -0.3 is 10.3 Å². The van der Waals surface area contributed by atoms with Gasteiger partial charge in [-0.05, 0) is 28.5 Å². The summed E-state index contributed by atoms with van der Waals surface area (Å²) in [7, 11) is 0. The molecule has 0 bridgehead atoms. The van der Waals surface area contributed by atoms with Crippen LogP contribution in [0.15, 0.2) is 59.4 Å². The zero-order chi connectivity index (χ0) is 16.7. The van der Waals surface area contributed by atoms with E-state index in [-0.39, 0.29) is 11.0 Å². The van der Waals surface area contributed by atoms with Crippen LogP contribution < -0.4 is 10.9 Å². The number of H-pyrrole nitrogens is 1. The largest absolute Gasteiger partial charge is 0.379 e. The van der Waals surface area contributed by atoms with E-state index in [1.54, 1.807) is 0 Å². The first-order chi connectivity index (χ1) is 11.5. The highest BCUT2D eigenvalue weighted by molar-refractivity contribution is 7.80. The summed E-state index contributed by atoms with van der Waals surface area (Å²) in [6.07, 6.45) is 0.723. The second kappa shape index (κ2) is 5.56. The zero-order valence-electron chi connectivity index (χ0n) is 13.4. The number of rotatable bonds is 2. The quantitative estimate of drug-likeness (QED) is 0.701. The molecule has 0 aliphatic carbocycles. The van der Waals surface area contributed by atoms with Crippen LogP contribution in [0.5, 0.6) is 0 Å². The summed E-state index contributed by atoms with van der Waals surface area (Å²) >= 11 is 5.24. The van der Waals surface area contributed by atoms with Crippen LogP contribution in [0.1, 0.15) is 18.9 Å². The summed E-state index contributed by atoms with van der Waals surface area (Å²) in [5.74, 6) is 0. The van der Waals surface area contributed by atoms with Gasteiger partial charge in [0, 0.05) is 29.6 Å². The molecule has 0 saturated carbocycles. The van der Waals surface area contributed by atoms with Crippen LogP contribution in [0.4, 0.5) is 0 Å². The average Bonchev–Trinajstić information content (AvgIpc) is 2.94. The highest BCUT2D eigenvalue weighted by Crippen LogP contribution is 2.30. The van der Waals surface area contributed by atoms with Gasteiger partial charge in [-0.3, -0.25) is 4.79 Å². The van der Waals surface area contributed by atoms with Crippen molar-refractivity contribution in [2.45, 2.75) is 18.8 Å². The number of benzene rings is 2. The Bertz CT molecular complexity index is 1010. The van der Waals surface area contributed by atoms with Crippen molar-refractivity contribution in [2.24, 2.45) is 0 Å². The standard InChI is InChI=1S/C20H18N2OS/c1-20(11-18(24)21-12-20)16-8-9-17(22-19(16)23)15-7-6-13-4-2-3-5-14(13)10-15/h2-10H,11-12H2,1H3,(H,21,24)(H,22,23). The first kappa shape index (κ1) is 15.1. The van der Waals surface area contributed by atoms with Gasteiger partial charge in [0.1, 0.15) is 0 Å². The van der Waals surface area contributed by atoms with Gasteiger partial charge in [-0.25, -0.2) is 0 Å². The molecule has 2 N–H and O–H groups in total. The average molecular weight is 334 g/mol. The number of aromatic nitrogens is 1. The molecule has 0 spiro atoms. The molecule has 1 atom stereocenters. The van der Waals surface area contributed by atoms with Crippen LogP contribution >= 0.6 is 12.2 Å². The molecule has 24 heavy (non-hydrogen) atoms. The molecule has 1 unspecified atom stereocenters. The maximum atomic E-state index is 12.6. The number of hydrogen-bond acceptors (Lipinski definition) is 2. The predicted octanol–water partition coefficient (Wildman–Crippen LogP) is 3.77. The maximum Gasteiger partial charge on any atom is 0.252 e. The van der Waals surface area contributed by atoms with E-state index in [2.05, 4.69) is 41.5 Å². The van der Waals surface area contributed by atoms with Crippen LogP contribution in [0.2, 0.25) is 0 Å². The Labute approximate surface area is 145 Å². The van der Waals surface area contributed by atoms with E-state index < -0.39 is 0 Å². The van der Waals surface area contributed by atoms with Crippen LogP contribution in [0.25, 0.3) is 22.0 Å². The lowest BCUT2D eigenvalue weighted by Gasteiger charge is -2.21. The lowest BCUT2D eigenvalue weighted by Crippen LogP contribution is -2.32. The summed E-state index contributed by atoms with van der Waals surface area (Å²) < 4.78 is 0. The van der Waals surface area contributed by atoms with E-state index >= 15 is 0 Å². The molecule has 2 aromatic carbocycles. The number of hydrogen-bond donors (Lipinski definition) is 2. The highest BCUT2D eigenvalue weighted by Gasteiger charge is 2.35. The van der Waals surface area contributed by atoms with E-state index in [0.29, 0.717) is 6.54 Å². The Morgan fingerprint density at radius 3 is 2.54 bits per heavy atom. The van der Waals surface area contributed by atoms with Gasteiger partial charge in [0.25, 0.3) is 5.56 Å². The van der Waals surface area contributed by atoms with Crippen LogP contribution in [-0.2, 0) is 5.41 Å². The minimum atomic E-state index is -0.230. The molecule has 3 nitrogen and oxygen atoms in total. The summed E-state index contributed by atoms with van der Waals surface area (Å²) in [6, 6.07) is 18.4. The van der Waals surface area contributed by atoms with Gasteiger partial charge in [-0.15, -0.1) is 0 Å². The maximum absolute atomic E-state index is 12.6. The lowest BCUT2D eigenvalue weighted by atomic mass is 9.82. The summed E-state index contributed by atoms with van der Waals surface area (Å²) in [6.45, 7) is 2.80. The van der Waals surface area contributed by atoms with Crippen molar-refractivity contribution in [3.05, 3.63) is 70.5 Å². The van der Waals surface area contributed by atoms with E-state index in [9.17, 15) is 4.79 Å². The van der Waals surface area contributed by atoms with Crippen molar-refractivity contribution in [3.8, 4) is 11.3 Å². The number of nitrogens with one attached hydrogen (secondary N) is 2. The van der Waals surface area contributed by atoms with E-state index in [4.69, 9.17) is 12.2 Å². The van der Waals surface area contributed by atoms with Crippen molar-refractivity contribution >= 4 is 28.0 Å². The Morgan fingerprint density at radius 1 is 1.04 bits per heavy atom. The number of fused-ring (bicyclic) bond motifs is 1. The molecule has 0 amide bonds. The molecule has 0 radical (unpaired) electrons. The minimum absolute atomic E-state index is 0.0327. The molecule has 3 aromatic rings. The Kier molecular flexibility index (Phi) is 3.50. The Morgan fingerprint density at radius 2 is 1.83 bits per heavy atom. The fourth-order valence-electron chi connectivity index (χ4n) is 3.44. The number of pyridine rings is 1. The van der Waals surface area contributed by atoms with E-state index in [0.717, 1.165) is 33.6 Å². The number of thiocarbonyl (C=S) groups is 1. The van der Waals surface area contributed by atoms with E-state index in [1.165, 1.54) is 5.39 Å². The summed E-state index contributed by atoms with van der Waals surface area (Å²) in [5.41, 5.74) is 2.38. The molecule has 1 aromatic heterocycles. The smallest absolute Gasteiger partial charge is 0.252 e. The SMILES string of the molecule is CC1(c2ccc(-c3ccc4ccccc4c3)[nH]c2=O)CNC(=S)C1. The molecular formula is C20H18N2OS. The van der Waals surface area contributed by atoms with Gasteiger partial charge in [-0.1, -0.05) is 61.6 Å². The van der Waals surface area contributed by atoms with Gasteiger partial charge in [-0.2, -0.15) is 0 Å². The van der Waals surface area contributed by atoms with Crippen molar-refractivity contribution in [3.63, 3.8) is 0 Å². The third-order valence-corrected chi connectivity index (χ3v) is 5.14. The molecule has 1 fully saturated rings. The van der Waals surface area contributed by atoms with Gasteiger partial charge in [0.2, 0.25) is 0 Å². The summed E-state index contributed by atoms with van der Waals surface area (Å²) in [5, 5.41) is 5.54. The van der Waals surface area contributed by atoms with Gasteiger partial charge in [0.15, 0.2) is 0 Å². The second-order valence-corrected chi connectivity index (χ2v) is 7.18. The molecule has 120 valence electrons. The molecular weight excluding hydrogens is 316 g/mol.